The Labute approximate surface area is 140 Å². The summed E-state index contributed by atoms with van der Waals surface area (Å²) in [5.74, 6) is -0.439. The summed E-state index contributed by atoms with van der Waals surface area (Å²) in [4.78, 5) is 24.1. The van der Waals surface area contributed by atoms with E-state index in [-0.39, 0.29) is 18.5 Å². The monoisotopic (exact) mass is 329 g/mol. The van der Waals surface area contributed by atoms with Gasteiger partial charge in [-0.1, -0.05) is 24.3 Å². The number of benzene rings is 2. The Balaban J connectivity index is 1.88. The second kappa shape index (κ2) is 8.39. The van der Waals surface area contributed by atoms with Crippen LogP contribution in [-0.2, 0) is 22.7 Å². The Hall–Kier alpha value is -2.27. The highest BCUT2D eigenvalue weighted by atomic mass is 32.2. The van der Waals surface area contributed by atoms with E-state index in [1.807, 2.05) is 30.5 Å². The second-order valence-corrected chi connectivity index (χ2v) is 5.91. The summed E-state index contributed by atoms with van der Waals surface area (Å²) in [6, 6.07) is 14.9. The van der Waals surface area contributed by atoms with Gasteiger partial charge in [0.25, 0.3) is 0 Å². The number of nitrogens with one attached hydrogen (secondary N) is 1. The molecule has 2 aromatic carbocycles. The molecular weight excluding hydrogens is 310 g/mol. The van der Waals surface area contributed by atoms with Crippen LogP contribution in [0.5, 0.6) is 0 Å². The molecule has 0 unspecified atom stereocenters. The van der Waals surface area contributed by atoms with Gasteiger partial charge in [0.2, 0.25) is 5.91 Å². The number of carbonyl (C=O) groups is 2. The Morgan fingerprint density at radius 2 is 1.61 bits per heavy atom. The van der Waals surface area contributed by atoms with Crippen LogP contribution in [0.2, 0.25) is 0 Å². The zero-order valence-electron chi connectivity index (χ0n) is 13.2. The molecule has 0 fully saturated rings. The van der Waals surface area contributed by atoms with Crippen LogP contribution in [0.25, 0.3) is 0 Å². The lowest BCUT2D eigenvalue weighted by molar-refractivity contribution is -0.119. The Morgan fingerprint density at radius 1 is 1.00 bits per heavy atom. The Morgan fingerprint density at radius 3 is 2.17 bits per heavy atom. The predicted octanol–water partition coefficient (Wildman–Crippen LogP) is 3.40. The summed E-state index contributed by atoms with van der Waals surface area (Å²) in [5.41, 5.74) is 2.39. The first-order chi connectivity index (χ1) is 11.1. The van der Waals surface area contributed by atoms with E-state index in [0.29, 0.717) is 12.1 Å². The lowest BCUT2D eigenvalue weighted by Crippen LogP contribution is -2.18. The van der Waals surface area contributed by atoms with Crippen molar-refractivity contribution in [2.45, 2.75) is 25.0 Å². The van der Waals surface area contributed by atoms with Gasteiger partial charge < -0.3 is 10.1 Å². The molecular formula is C18H19NO3S. The molecule has 0 aliphatic rings. The van der Waals surface area contributed by atoms with Crippen LogP contribution in [0.4, 0.5) is 0 Å². The van der Waals surface area contributed by atoms with Gasteiger partial charge in [-0.2, -0.15) is 0 Å². The zero-order chi connectivity index (χ0) is 16.7. The van der Waals surface area contributed by atoms with Crippen LogP contribution in [0.1, 0.15) is 28.4 Å². The van der Waals surface area contributed by atoms with Crippen molar-refractivity contribution in [3.63, 3.8) is 0 Å². The molecule has 0 saturated heterocycles. The second-order valence-electron chi connectivity index (χ2n) is 5.03. The van der Waals surface area contributed by atoms with E-state index in [1.54, 1.807) is 36.0 Å². The molecule has 0 aliphatic heterocycles. The minimum absolute atomic E-state index is 0.0824. The largest absolute Gasteiger partial charge is 0.457 e. The van der Waals surface area contributed by atoms with Crippen molar-refractivity contribution in [3.05, 3.63) is 65.2 Å². The average Bonchev–Trinajstić information content (AvgIpc) is 2.58. The maximum Gasteiger partial charge on any atom is 0.338 e. The molecule has 0 aromatic heterocycles. The highest BCUT2D eigenvalue weighted by Crippen LogP contribution is 2.15. The fourth-order valence-electron chi connectivity index (χ4n) is 1.94. The number of amides is 1. The summed E-state index contributed by atoms with van der Waals surface area (Å²) < 4.78 is 5.31. The smallest absolute Gasteiger partial charge is 0.338 e. The van der Waals surface area contributed by atoms with Gasteiger partial charge in [-0.15, -0.1) is 11.8 Å². The minimum Gasteiger partial charge on any atom is -0.457 e. The van der Waals surface area contributed by atoms with Crippen LogP contribution >= 0.6 is 11.8 Å². The molecule has 2 aromatic rings. The van der Waals surface area contributed by atoms with Crippen LogP contribution in [-0.4, -0.2) is 18.1 Å². The molecule has 1 amide bonds. The van der Waals surface area contributed by atoms with Crippen LogP contribution in [0, 0.1) is 0 Å². The van der Waals surface area contributed by atoms with Crippen LogP contribution < -0.4 is 5.32 Å². The zero-order valence-corrected chi connectivity index (χ0v) is 14.0. The van der Waals surface area contributed by atoms with Gasteiger partial charge in [-0.05, 0) is 41.6 Å². The summed E-state index contributed by atoms with van der Waals surface area (Å²) in [7, 11) is 0. The first kappa shape index (κ1) is 17.1. The Bertz CT molecular complexity index is 666. The number of rotatable bonds is 6. The first-order valence-electron chi connectivity index (χ1n) is 7.22. The molecule has 0 radical (unpaired) electrons. The van der Waals surface area contributed by atoms with Crippen molar-refractivity contribution in [2.24, 2.45) is 0 Å². The first-order valence-corrected chi connectivity index (χ1v) is 8.44. The maximum atomic E-state index is 12.0. The normalized spacial score (nSPS) is 10.2. The third-order valence-electron chi connectivity index (χ3n) is 3.26. The van der Waals surface area contributed by atoms with E-state index in [2.05, 4.69) is 5.32 Å². The summed E-state index contributed by atoms with van der Waals surface area (Å²) in [6.07, 6.45) is 2.02. The number of thioether (sulfide) groups is 1. The molecule has 4 nitrogen and oxygen atoms in total. The van der Waals surface area contributed by atoms with E-state index in [0.717, 1.165) is 11.1 Å². The van der Waals surface area contributed by atoms with Gasteiger partial charge in [-0.3, -0.25) is 4.79 Å². The van der Waals surface area contributed by atoms with Crippen molar-refractivity contribution in [3.8, 4) is 0 Å². The summed E-state index contributed by atoms with van der Waals surface area (Å²) in [6.45, 7) is 2.17. The third-order valence-corrected chi connectivity index (χ3v) is 4.00. The fourth-order valence-corrected chi connectivity index (χ4v) is 2.35. The molecule has 0 saturated carbocycles. The van der Waals surface area contributed by atoms with Crippen LogP contribution in [0.3, 0.4) is 0 Å². The fraction of sp³-hybridized carbons (Fsp3) is 0.222. The van der Waals surface area contributed by atoms with Gasteiger partial charge >= 0.3 is 5.97 Å². The quantitative estimate of drug-likeness (QED) is 0.652. The van der Waals surface area contributed by atoms with E-state index in [4.69, 9.17) is 4.74 Å². The average molecular weight is 329 g/mol. The maximum absolute atomic E-state index is 12.0. The number of hydrogen-bond acceptors (Lipinski definition) is 4. The van der Waals surface area contributed by atoms with Gasteiger partial charge in [-0.25, -0.2) is 4.79 Å². The van der Waals surface area contributed by atoms with Gasteiger partial charge in [0, 0.05) is 18.4 Å². The molecule has 0 heterocycles. The van der Waals surface area contributed by atoms with E-state index < -0.39 is 0 Å². The van der Waals surface area contributed by atoms with Crippen molar-refractivity contribution < 1.29 is 14.3 Å². The highest BCUT2D eigenvalue weighted by Gasteiger charge is 2.07. The summed E-state index contributed by atoms with van der Waals surface area (Å²) in [5, 5.41) is 2.71. The molecule has 120 valence electrons. The molecule has 0 spiro atoms. The predicted molar refractivity (Wildman–Crippen MR) is 91.3 cm³/mol. The number of esters is 1. The minimum atomic E-state index is -0.356. The summed E-state index contributed by atoms with van der Waals surface area (Å²) >= 11 is 1.67. The molecule has 23 heavy (non-hydrogen) atoms. The molecule has 0 atom stereocenters. The molecule has 0 bridgehead atoms. The van der Waals surface area contributed by atoms with Crippen molar-refractivity contribution >= 4 is 23.6 Å². The Kier molecular flexibility index (Phi) is 6.23. The van der Waals surface area contributed by atoms with Crippen molar-refractivity contribution in [1.82, 2.24) is 5.32 Å². The van der Waals surface area contributed by atoms with Gasteiger partial charge in [0.1, 0.15) is 6.61 Å². The topological polar surface area (TPSA) is 55.4 Å². The third kappa shape index (κ3) is 5.45. The molecule has 0 aliphatic carbocycles. The van der Waals surface area contributed by atoms with Gasteiger partial charge in [0.05, 0.1) is 5.56 Å². The SMILES string of the molecule is CSc1ccc(COC(=O)c2ccc(CNC(C)=O)cc2)cc1. The van der Waals surface area contributed by atoms with E-state index in [1.165, 1.54) is 11.8 Å². The van der Waals surface area contributed by atoms with Crippen molar-refractivity contribution in [2.75, 3.05) is 6.26 Å². The van der Waals surface area contributed by atoms with E-state index >= 15 is 0 Å². The number of carbonyl (C=O) groups excluding carboxylic acids is 2. The molecule has 1 N–H and O–H groups in total. The lowest BCUT2D eigenvalue weighted by Gasteiger charge is -2.07. The van der Waals surface area contributed by atoms with Crippen LogP contribution in [0.15, 0.2) is 53.4 Å². The number of hydrogen-bond donors (Lipinski definition) is 1. The lowest BCUT2D eigenvalue weighted by atomic mass is 10.1. The standard InChI is InChI=1S/C18H19NO3S/c1-13(20)19-11-14-3-7-16(8-4-14)18(21)22-12-15-5-9-17(23-2)10-6-15/h3-10H,11-12H2,1-2H3,(H,19,20). The highest BCUT2D eigenvalue weighted by molar-refractivity contribution is 7.98. The van der Waals surface area contributed by atoms with Gasteiger partial charge in [0.15, 0.2) is 0 Å². The van der Waals surface area contributed by atoms with E-state index in [9.17, 15) is 9.59 Å². The van der Waals surface area contributed by atoms with Crippen molar-refractivity contribution in [1.29, 1.82) is 0 Å². The number of ether oxygens (including phenoxy) is 1. The molecule has 5 heteroatoms. The molecule has 2 rings (SSSR count).